The molecule has 0 unspecified atom stereocenters. The highest BCUT2D eigenvalue weighted by atomic mass is 32.2. The Morgan fingerprint density at radius 2 is 1.66 bits per heavy atom. The maximum absolute atomic E-state index is 12.9. The van der Waals surface area contributed by atoms with E-state index in [2.05, 4.69) is 15.8 Å². The van der Waals surface area contributed by atoms with Crippen LogP contribution in [0.5, 0.6) is 5.75 Å². The second kappa shape index (κ2) is 9.97. The van der Waals surface area contributed by atoms with E-state index in [1.165, 1.54) is 11.3 Å². The minimum Gasteiger partial charge on any atom is -0.497 e. The third-order valence-corrected chi connectivity index (χ3v) is 6.69. The minimum absolute atomic E-state index is 0.0742. The molecule has 0 aliphatic heterocycles. The number of aromatic nitrogens is 1. The number of aryl methyl sites for hydroxylation is 1. The molecule has 0 saturated heterocycles. The van der Waals surface area contributed by atoms with Gasteiger partial charge in [0.25, 0.3) is 5.91 Å². The number of thioether (sulfide) groups is 1. The van der Waals surface area contributed by atoms with Crippen LogP contribution in [-0.4, -0.2) is 35.4 Å². The zero-order chi connectivity index (χ0) is 22.5. The van der Waals surface area contributed by atoms with Gasteiger partial charge in [-0.1, -0.05) is 53.8 Å². The van der Waals surface area contributed by atoms with Crippen molar-refractivity contribution < 1.29 is 14.3 Å². The van der Waals surface area contributed by atoms with Gasteiger partial charge in [0.05, 0.1) is 17.3 Å². The number of nitrogens with zero attached hydrogens (tertiary/aromatic N) is 2. The number of fused-ring (bicyclic) bond motifs is 1. The van der Waals surface area contributed by atoms with Gasteiger partial charge in [0.1, 0.15) is 5.75 Å². The predicted octanol–water partition coefficient (Wildman–Crippen LogP) is 5.05. The molecule has 0 spiro atoms. The maximum atomic E-state index is 12.9. The minimum atomic E-state index is -0.333. The Morgan fingerprint density at radius 1 is 0.969 bits per heavy atom. The first kappa shape index (κ1) is 22.0. The van der Waals surface area contributed by atoms with Crippen molar-refractivity contribution in [3.8, 4) is 5.75 Å². The molecule has 5 nitrogen and oxygen atoms in total. The number of carbonyl (C=O) groups is 2. The maximum Gasteiger partial charge on any atom is 0.279 e. The third kappa shape index (κ3) is 4.69. The molecule has 0 bridgehead atoms. The van der Waals surface area contributed by atoms with E-state index in [9.17, 15) is 9.59 Å². The smallest absolute Gasteiger partial charge is 0.279 e. The largest absolute Gasteiger partial charge is 0.497 e. The van der Waals surface area contributed by atoms with Gasteiger partial charge in [0, 0.05) is 35.1 Å². The van der Waals surface area contributed by atoms with Crippen LogP contribution in [0.3, 0.4) is 0 Å². The molecule has 3 aromatic carbocycles. The summed E-state index contributed by atoms with van der Waals surface area (Å²) in [5, 5.41) is 0. The lowest BCUT2D eigenvalue weighted by atomic mass is 10.0. The standard InChI is InChI=1S/C25H22N2O3S2/c1-30-20-12-13-22-21(16-20)27(14-15-31-2)25(32-22)26-24(29)19-10-8-18(9-11-19)23(28)17-6-4-3-5-7-17/h3-13,16H,14-15H2,1-2H3. The summed E-state index contributed by atoms with van der Waals surface area (Å²) in [5.74, 6) is 1.26. The number of amides is 1. The summed E-state index contributed by atoms with van der Waals surface area (Å²) in [6.45, 7) is 0.741. The highest BCUT2D eigenvalue weighted by Crippen LogP contribution is 2.23. The van der Waals surface area contributed by atoms with Gasteiger partial charge in [-0.05, 0) is 30.5 Å². The number of rotatable bonds is 7. The highest BCUT2D eigenvalue weighted by molar-refractivity contribution is 7.98. The number of methoxy groups -OCH3 is 1. The van der Waals surface area contributed by atoms with E-state index in [0.717, 1.165) is 28.3 Å². The van der Waals surface area contributed by atoms with Crippen molar-refractivity contribution in [1.29, 1.82) is 0 Å². The van der Waals surface area contributed by atoms with Crippen molar-refractivity contribution in [1.82, 2.24) is 4.57 Å². The van der Waals surface area contributed by atoms with Crippen LogP contribution in [0.2, 0.25) is 0 Å². The molecule has 4 aromatic rings. The van der Waals surface area contributed by atoms with Crippen LogP contribution in [-0.2, 0) is 6.54 Å². The lowest BCUT2D eigenvalue weighted by molar-refractivity contribution is 0.0994. The first-order valence-electron chi connectivity index (χ1n) is 10.1. The van der Waals surface area contributed by atoms with Crippen LogP contribution in [0.1, 0.15) is 26.3 Å². The van der Waals surface area contributed by atoms with E-state index in [1.807, 2.05) is 36.4 Å². The van der Waals surface area contributed by atoms with Crippen molar-refractivity contribution in [2.45, 2.75) is 6.54 Å². The average molecular weight is 463 g/mol. The molecule has 0 aliphatic rings. The van der Waals surface area contributed by atoms with Gasteiger partial charge in [-0.25, -0.2) is 0 Å². The van der Waals surface area contributed by atoms with E-state index in [4.69, 9.17) is 4.74 Å². The Morgan fingerprint density at radius 3 is 2.34 bits per heavy atom. The van der Waals surface area contributed by atoms with E-state index in [0.29, 0.717) is 21.5 Å². The van der Waals surface area contributed by atoms with Crippen LogP contribution in [0.4, 0.5) is 0 Å². The van der Waals surface area contributed by atoms with Crippen LogP contribution < -0.4 is 9.54 Å². The van der Waals surface area contributed by atoms with Gasteiger partial charge in [-0.3, -0.25) is 9.59 Å². The lowest BCUT2D eigenvalue weighted by Crippen LogP contribution is -2.18. The van der Waals surface area contributed by atoms with Crippen LogP contribution in [0.25, 0.3) is 10.2 Å². The van der Waals surface area contributed by atoms with E-state index in [1.54, 1.807) is 55.3 Å². The second-order valence-corrected chi connectivity index (χ2v) is 9.05. The summed E-state index contributed by atoms with van der Waals surface area (Å²) in [4.78, 5) is 30.6. The van der Waals surface area contributed by atoms with Crippen molar-refractivity contribution in [2.24, 2.45) is 4.99 Å². The average Bonchev–Trinajstić information content (AvgIpc) is 3.18. The first-order valence-corrected chi connectivity index (χ1v) is 12.3. The highest BCUT2D eigenvalue weighted by Gasteiger charge is 2.12. The van der Waals surface area contributed by atoms with Crippen LogP contribution >= 0.6 is 23.1 Å². The van der Waals surface area contributed by atoms with E-state index < -0.39 is 0 Å². The Labute approximate surface area is 194 Å². The lowest BCUT2D eigenvalue weighted by Gasteiger charge is -2.05. The quantitative estimate of drug-likeness (QED) is 0.361. The van der Waals surface area contributed by atoms with E-state index >= 15 is 0 Å². The number of ether oxygens (including phenoxy) is 1. The molecule has 0 N–H and O–H groups in total. The Hall–Kier alpha value is -3.16. The van der Waals surface area contributed by atoms with Crippen LogP contribution in [0.15, 0.2) is 77.8 Å². The molecule has 1 heterocycles. The summed E-state index contributed by atoms with van der Waals surface area (Å²) in [5.41, 5.74) is 2.60. The topological polar surface area (TPSA) is 60.7 Å². The van der Waals surface area contributed by atoms with Crippen molar-refractivity contribution in [3.05, 3.63) is 94.3 Å². The van der Waals surface area contributed by atoms with Gasteiger partial charge < -0.3 is 9.30 Å². The van der Waals surface area contributed by atoms with Gasteiger partial charge in [0.15, 0.2) is 10.6 Å². The van der Waals surface area contributed by atoms with Crippen molar-refractivity contribution in [3.63, 3.8) is 0 Å². The van der Waals surface area contributed by atoms with Gasteiger partial charge >= 0.3 is 0 Å². The van der Waals surface area contributed by atoms with Crippen molar-refractivity contribution in [2.75, 3.05) is 19.1 Å². The summed E-state index contributed by atoms with van der Waals surface area (Å²) in [6.07, 6.45) is 2.05. The molecule has 0 radical (unpaired) electrons. The molecule has 0 saturated carbocycles. The summed E-state index contributed by atoms with van der Waals surface area (Å²) in [6, 6.07) is 21.6. The Kier molecular flexibility index (Phi) is 6.87. The number of thiazole rings is 1. The summed E-state index contributed by atoms with van der Waals surface area (Å²) < 4.78 is 8.47. The Bertz CT molecular complexity index is 1320. The van der Waals surface area contributed by atoms with Gasteiger partial charge in [0.2, 0.25) is 0 Å². The van der Waals surface area contributed by atoms with Crippen LogP contribution in [0, 0.1) is 0 Å². The van der Waals surface area contributed by atoms with E-state index in [-0.39, 0.29) is 11.7 Å². The molecule has 4 rings (SSSR count). The zero-order valence-electron chi connectivity index (χ0n) is 17.8. The molecular weight excluding hydrogens is 440 g/mol. The normalized spacial score (nSPS) is 11.6. The molecule has 0 atom stereocenters. The van der Waals surface area contributed by atoms with Gasteiger partial charge in [-0.15, -0.1) is 0 Å². The fourth-order valence-corrected chi connectivity index (χ4v) is 4.73. The predicted molar refractivity (Wildman–Crippen MR) is 131 cm³/mol. The zero-order valence-corrected chi connectivity index (χ0v) is 19.4. The Balaban J connectivity index is 1.66. The fourth-order valence-electron chi connectivity index (χ4n) is 3.33. The molecule has 32 heavy (non-hydrogen) atoms. The summed E-state index contributed by atoms with van der Waals surface area (Å²) in [7, 11) is 1.64. The number of hydrogen-bond donors (Lipinski definition) is 0. The van der Waals surface area contributed by atoms with Crippen molar-refractivity contribution >= 4 is 45.0 Å². The first-order chi connectivity index (χ1) is 15.6. The molecule has 0 fully saturated rings. The molecule has 7 heteroatoms. The van der Waals surface area contributed by atoms with Gasteiger partial charge in [-0.2, -0.15) is 16.8 Å². The number of ketones is 1. The SMILES string of the molecule is COc1ccc2sc(=NC(=O)c3ccc(C(=O)c4ccccc4)cc3)n(CCSC)c2c1. The number of hydrogen-bond acceptors (Lipinski definition) is 5. The molecule has 1 aromatic heterocycles. The number of benzene rings is 3. The fraction of sp³-hybridized carbons (Fsp3) is 0.160. The molecule has 162 valence electrons. The molecule has 0 aliphatic carbocycles. The number of carbonyl (C=O) groups excluding carboxylic acids is 2. The molecular formula is C25H22N2O3S2. The third-order valence-electron chi connectivity index (χ3n) is 5.04. The second-order valence-electron chi connectivity index (χ2n) is 7.05. The molecule has 1 amide bonds. The monoisotopic (exact) mass is 462 g/mol. The summed E-state index contributed by atoms with van der Waals surface area (Å²) >= 11 is 3.22.